The number of para-hydroxylation sites is 2. The largest absolute Gasteiger partial charge is 0.495 e. The van der Waals surface area contributed by atoms with Crippen LogP contribution in [0.25, 0.3) is 16.7 Å². The van der Waals surface area contributed by atoms with Crippen LogP contribution in [0.15, 0.2) is 61.1 Å². The number of fused-ring (bicyclic) bond motifs is 1. The third-order valence-corrected chi connectivity index (χ3v) is 5.86. The normalized spacial score (nSPS) is 14.1. The zero-order valence-electron chi connectivity index (χ0n) is 18.3. The highest BCUT2D eigenvalue weighted by atomic mass is 16.5. The maximum atomic E-state index is 5.54. The van der Waals surface area contributed by atoms with E-state index in [4.69, 9.17) is 4.74 Å². The molecule has 1 aliphatic rings. The van der Waals surface area contributed by atoms with Gasteiger partial charge in [0.1, 0.15) is 31.7 Å². The molecule has 0 unspecified atom stereocenters. The molecule has 5 rings (SSSR count). The van der Waals surface area contributed by atoms with E-state index in [0.717, 1.165) is 65.8 Å². The summed E-state index contributed by atoms with van der Waals surface area (Å²) in [5.74, 6) is 1.83. The maximum absolute atomic E-state index is 5.54. The lowest BCUT2D eigenvalue weighted by Crippen LogP contribution is -2.47. The molecule has 0 radical (unpaired) electrons. The molecule has 0 spiro atoms. The number of ether oxygens (including phenoxy) is 1. The van der Waals surface area contributed by atoms with E-state index in [-0.39, 0.29) is 0 Å². The third kappa shape index (κ3) is 3.53. The van der Waals surface area contributed by atoms with Crippen LogP contribution in [0, 0.1) is 0 Å². The summed E-state index contributed by atoms with van der Waals surface area (Å²) >= 11 is 0. The van der Waals surface area contributed by atoms with Gasteiger partial charge in [0.2, 0.25) is 5.69 Å². The number of aromatic nitrogens is 4. The topological polar surface area (TPSA) is 62.3 Å². The summed E-state index contributed by atoms with van der Waals surface area (Å²) < 4.78 is 9.23. The molecule has 8 heteroatoms. The Hall–Kier alpha value is -3.94. The summed E-state index contributed by atoms with van der Waals surface area (Å²) in [5, 5.41) is 5.58. The molecule has 0 amide bonds. The lowest BCUT2D eigenvalue weighted by atomic mass is 10.2. The van der Waals surface area contributed by atoms with Gasteiger partial charge in [0.25, 0.3) is 0 Å². The molecule has 4 aromatic rings. The summed E-state index contributed by atoms with van der Waals surface area (Å²) in [4.78, 5) is 13.8. The average molecular weight is 429 g/mol. The minimum Gasteiger partial charge on any atom is -0.495 e. The average Bonchev–Trinajstić information content (AvgIpc) is 3.28. The quantitative estimate of drug-likeness (QED) is 0.360. The van der Waals surface area contributed by atoms with E-state index in [1.165, 1.54) is 0 Å². The smallest absolute Gasteiger partial charge is 0.206 e. The Kier molecular flexibility index (Phi) is 5.18. The highest BCUT2D eigenvalue weighted by Gasteiger charge is 2.23. The summed E-state index contributed by atoms with van der Waals surface area (Å²) in [5.41, 5.74) is 3.88. The first-order chi connectivity index (χ1) is 15.7. The van der Waals surface area contributed by atoms with Crippen molar-refractivity contribution in [3.8, 4) is 11.4 Å². The predicted octanol–water partition coefficient (Wildman–Crippen LogP) is 3.13. The third-order valence-electron chi connectivity index (χ3n) is 5.86. The van der Waals surface area contributed by atoms with Crippen molar-refractivity contribution in [3.63, 3.8) is 0 Å². The Morgan fingerprint density at radius 3 is 2.53 bits per heavy atom. The second kappa shape index (κ2) is 8.30. The Labute approximate surface area is 187 Å². The highest BCUT2D eigenvalue weighted by molar-refractivity contribution is 5.88. The molecular weight excluding hydrogens is 402 g/mol. The van der Waals surface area contributed by atoms with Crippen LogP contribution in [-0.4, -0.2) is 71.4 Å². The van der Waals surface area contributed by atoms with Crippen molar-refractivity contribution in [1.82, 2.24) is 19.7 Å². The van der Waals surface area contributed by atoms with Gasteiger partial charge in [0.05, 0.1) is 30.1 Å². The van der Waals surface area contributed by atoms with E-state index < -0.39 is 0 Å². The Bertz CT molecular complexity index is 1270. The molecule has 0 bridgehead atoms. The predicted molar refractivity (Wildman–Crippen MR) is 127 cm³/mol. The summed E-state index contributed by atoms with van der Waals surface area (Å²) in [6.07, 6.45) is 3.48. The van der Waals surface area contributed by atoms with Crippen molar-refractivity contribution in [3.05, 3.63) is 61.1 Å². The van der Waals surface area contributed by atoms with Crippen LogP contribution in [-0.2, 0) is 0 Å². The van der Waals surface area contributed by atoms with Crippen molar-refractivity contribution in [2.75, 3.05) is 50.1 Å². The number of methoxy groups -OCH3 is 1. The molecule has 0 atom stereocenters. The Balaban J connectivity index is 1.42. The number of rotatable bonds is 5. The second-order valence-electron chi connectivity index (χ2n) is 7.85. The van der Waals surface area contributed by atoms with E-state index in [2.05, 4.69) is 37.7 Å². The molecule has 162 valence electrons. The molecule has 1 aliphatic heterocycles. The van der Waals surface area contributed by atoms with E-state index in [0.29, 0.717) is 0 Å². The van der Waals surface area contributed by atoms with Gasteiger partial charge in [0.15, 0.2) is 5.65 Å². The zero-order chi connectivity index (χ0) is 22.1. The number of anilines is 2. The van der Waals surface area contributed by atoms with Gasteiger partial charge in [-0.25, -0.2) is 19.2 Å². The molecule has 3 heterocycles. The van der Waals surface area contributed by atoms with Gasteiger partial charge < -0.3 is 14.5 Å². The molecular formula is C24H26N7O+. The number of nitrogens with zero attached hydrogens (tertiary/aromatic N) is 7. The molecule has 32 heavy (non-hydrogen) atoms. The number of piperazine rings is 1. The molecule has 0 saturated carbocycles. The fourth-order valence-corrected chi connectivity index (χ4v) is 4.19. The Morgan fingerprint density at radius 2 is 1.75 bits per heavy atom. The van der Waals surface area contributed by atoms with Gasteiger partial charge in [-0.15, -0.1) is 0 Å². The SMILES string of the molecule is C=[N+](C)c1cccc(-n2ncc3c(N4CCN(c5ccccc5OC)CC4)ncnc32)c1. The summed E-state index contributed by atoms with van der Waals surface area (Å²) in [7, 11) is 3.64. The van der Waals surface area contributed by atoms with Crippen LogP contribution in [0.3, 0.4) is 0 Å². The van der Waals surface area contributed by atoms with Crippen LogP contribution in [0.4, 0.5) is 17.2 Å². The fourth-order valence-electron chi connectivity index (χ4n) is 4.19. The molecule has 2 aromatic heterocycles. The van der Waals surface area contributed by atoms with Crippen LogP contribution < -0.4 is 14.5 Å². The standard InChI is InChI=1S/C24H26N7O/c1-28(2)18-7-6-8-19(15-18)31-24-20(16-27-31)23(25-17-26-24)30-13-11-29(12-14-30)21-9-4-5-10-22(21)32-3/h4-10,15-17H,1,11-14H2,2-3H3/q+1. The number of benzene rings is 2. The minimum atomic E-state index is 0.797. The molecule has 1 fully saturated rings. The van der Waals surface area contributed by atoms with Crippen molar-refractivity contribution in [1.29, 1.82) is 0 Å². The lowest BCUT2D eigenvalue weighted by Gasteiger charge is -2.37. The van der Waals surface area contributed by atoms with Crippen molar-refractivity contribution in [2.45, 2.75) is 0 Å². The first kappa shape index (κ1) is 20.0. The van der Waals surface area contributed by atoms with Gasteiger partial charge in [-0.2, -0.15) is 5.10 Å². The van der Waals surface area contributed by atoms with Gasteiger partial charge in [-0.1, -0.05) is 18.2 Å². The summed E-state index contributed by atoms with van der Waals surface area (Å²) in [6, 6.07) is 16.3. The molecule has 1 saturated heterocycles. The first-order valence-corrected chi connectivity index (χ1v) is 10.6. The van der Waals surface area contributed by atoms with Crippen LogP contribution in [0.5, 0.6) is 5.75 Å². The zero-order valence-corrected chi connectivity index (χ0v) is 18.3. The van der Waals surface area contributed by atoms with E-state index in [9.17, 15) is 0 Å². The van der Waals surface area contributed by atoms with Crippen molar-refractivity contribution in [2.24, 2.45) is 0 Å². The van der Waals surface area contributed by atoms with Crippen LogP contribution >= 0.6 is 0 Å². The molecule has 0 N–H and O–H groups in total. The highest BCUT2D eigenvalue weighted by Crippen LogP contribution is 2.30. The van der Waals surface area contributed by atoms with Gasteiger partial charge in [0, 0.05) is 38.3 Å². The number of hydrogen-bond acceptors (Lipinski definition) is 6. The van der Waals surface area contributed by atoms with E-state index >= 15 is 0 Å². The molecule has 8 nitrogen and oxygen atoms in total. The van der Waals surface area contributed by atoms with Gasteiger partial charge in [-0.05, 0) is 18.2 Å². The first-order valence-electron chi connectivity index (χ1n) is 10.6. The van der Waals surface area contributed by atoms with Crippen LogP contribution in [0.2, 0.25) is 0 Å². The minimum absolute atomic E-state index is 0.797. The van der Waals surface area contributed by atoms with E-state index in [1.807, 2.05) is 65.0 Å². The lowest BCUT2D eigenvalue weighted by molar-refractivity contribution is -0.394. The van der Waals surface area contributed by atoms with Crippen LogP contribution in [0.1, 0.15) is 0 Å². The fraction of sp³-hybridized carbons (Fsp3) is 0.250. The second-order valence-corrected chi connectivity index (χ2v) is 7.85. The van der Waals surface area contributed by atoms with Crippen molar-refractivity contribution >= 4 is 34.9 Å². The Morgan fingerprint density at radius 1 is 0.969 bits per heavy atom. The molecule has 0 aliphatic carbocycles. The molecule has 2 aromatic carbocycles. The number of hydrogen-bond donors (Lipinski definition) is 0. The van der Waals surface area contributed by atoms with Gasteiger partial charge in [-0.3, -0.25) is 0 Å². The summed E-state index contributed by atoms with van der Waals surface area (Å²) in [6.45, 7) is 7.46. The van der Waals surface area contributed by atoms with Crippen molar-refractivity contribution < 1.29 is 9.31 Å². The van der Waals surface area contributed by atoms with E-state index in [1.54, 1.807) is 13.4 Å². The maximum Gasteiger partial charge on any atom is 0.206 e. The monoisotopic (exact) mass is 428 g/mol. The van der Waals surface area contributed by atoms with Gasteiger partial charge >= 0.3 is 0 Å².